The Bertz CT molecular complexity index is 797. The molecule has 1 N–H and O–H groups in total. The van der Waals surface area contributed by atoms with Crippen LogP contribution in [0.15, 0.2) is 28.6 Å². The van der Waals surface area contributed by atoms with Crippen LogP contribution in [0.1, 0.15) is 25.3 Å². The van der Waals surface area contributed by atoms with Gasteiger partial charge in [0, 0.05) is 23.0 Å². The molecule has 2 rings (SSSR count). The van der Waals surface area contributed by atoms with Gasteiger partial charge in [-0.2, -0.15) is 0 Å². The number of benzene rings is 1. The van der Waals surface area contributed by atoms with Crippen molar-refractivity contribution in [2.24, 2.45) is 0 Å². The summed E-state index contributed by atoms with van der Waals surface area (Å²) in [5, 5.41) is 2.70. The Morgan fingerprint density at radius 1 is 0.885 bits per heavy atom. The zero-order valence-corrected chi connectivity index (χ0v) is 14.3. The molecule has 140 valence electrons. The Kier molecular flexibility index (Phi) is 5.38. The highest BCUT2D eigenvalue weighted by Gasteiger charge is 2.41. The second-order valence-corrected chi connectivity index (χ2v) is 5.50. The van der Waals surface area contributed by atoms with Crippen LogP contribution in [-0.2, 0) is 19.1 Å². The molecule has 0 aliphatic carbocycles. The van der Waals surface area contributed by atoms with Crippen molar-refractivity contribution in [2.75, 3.05) is 14.2 Å². The minimum absolute atomic E-state index is 0.0397. The van der Waals surface area contributed by atoms with Crippen LogP contribution in [0.2, 0.25) is 0 Å². The van der Waals surface area contributed by atoms with Gasteiger partial charge in [-0.15, -0.1) is 0 Å². The fraction of sp³-hybridized carbons (Fsp3) is 0.294. The molecular formula is C17H15F4NO4. The predicted molar refractivity (Wildman–Crippen MR) is 81.6 cm³/mol. The van der Waals surface area contributed by atoms with E-state index in [4.69, 9.17) is 0 Å². The monoisotopic (exact) mass is 373 g/mol. The minimum atomic E-state index is -1.76. The van der Waals surface area contributed by atoms with Gasteiger partial charge in [-0.3, -0.25) is 0 Å². The largest absolute Gasteiger partial charge is 0.466 e. The highest BCUT2D eigenvalue weighted by Crippen LogP contribution is 2.42. The quantitative estimate of drug-likeness (QED) is 0.502. The van der Waals surface area contributed by atoms with Crippen molar-refractivity contribution in [3.05, 3.63) is 57.4 Å². The first-order valence-electron chi connectivity index (χ1n) is 7.33. The second kappa shape index (κ2) is 7.19. The zero-order chi connectivity index (χ0) is 19.8. The van der Waals surface area contributed by atoms with E-state index in [0.717, 1.165) is 14.2 Å². The molecule has 1 aromatic carbocycles. The summed E-state index contributed by atoms with van der Waals surface area (Å²) in [7, 11) is 2.03. The maximum absolute atomic E-state index is 14.4. The molecule has 0 spiro atoms. The summed E-state index contributed by atoms with van der Waals surface area (Å²) in [4.78, 5) is 24.4. The van der Waals surface area contributed by atoms with Gasteiger partial charge in [-0.25, -0.2) is 27.2 Å². The number of ether oxygens (including phenoxy) is 2. The van der Waals surface area contributed by atoms with Crippen LogP contribution in [0.25, 0.3) is 0 Å². The maximum atomic E-state index is 14.4. The molecule has 0 saturated carbocycles. The number of esters is 2. The van der Waals surface area contributed by atoms with Crippen molar-refractivity contribution >= 4 is 11.9 Å². The minimum Gasteiger partial charge on any atom is -0.466 e. The third kappa shape index (κ3) is 3.04. The van der Waals surface area contributed by atoms with Gasteiger partial charge >= 0.3 is 11.9 Å². The summed E-state index contributed by atoms with van der Waals surface area (Å²) in [6, 6.07) is 0.0397. The van der Waals surface area contributed by atoms with Gasteiger partial charge in [-0.1, -0.05) is 0 Å². The molecule has 0 fully saturated rings. The van der Waals surface area contributed by atoms with Crippen molar-refractivity contribution < 1.29 is 36.6 Å². The lowest BCUT2D eigenvalue weighted by Crippen LogP contribution is -2.33. The van der Waals surface area contributed by atoms with Crippen LogP contribution < -0.4 is 5.32 Å². The number of nitrogens with one attached hydrogen (secondary N) is 1. The molecule has 1 aliphatic rings. The van der Waals surface area contributed by atoms with Gasteiger partial charge in [0.1, 0.15) is 0 Å². The normalized spacial score (nSPS) is 15.1. The van der Waals surface area contributed by atoms with E-state index in [0.29, 0.717) is 0 Å². The molecule has 1 aromatic rings. The molecule has 0 saturated heterocycles. The maximum Gasteiger partial charge on any atom is 0.336 e. The van der Waals surface area contributed by atoms with Gasteiger partial charge in [-0.05, 0) is 13.8 Å². The third-order valence-electron chi connectivity index (χ3n) is 4.01. The van der Waals surface area contributed by atoms with Crippen molar-refractivity contribution in [3.63, 3.8) is 0 Å². The number of carbonyl (C=O) groups is 2. The molecule has 5 nitrogen and oxygen atoms in total. The van der Waals surface area contributed by atoms with Gasteiger partial charge in [0.15, 0.2) is 23.3 Å². The molecule has 1 heterocycles. The number of hydrogen-bond acceptors (Lipinski definition) is 5. The first-order chi connectivity index (χ1) is 12.1. The van der Waals surface area contributed by atoms with E-state index in [-0.39, 0.29) is 28.6 Å². The number of rotatable bonds is 3. The average molecular weight is 373 g/mol. The van der Waals surface area contributed by atoms with E-state index in [9.17, 15) is 27.2 Å². The van der Waals surface area contributed by atoms with E-state index < -0.39 is 46.7 Å². The van der Waals surface area contributed by atoms with E-state index in [1.165, 1.54) is 13.8 Å². The molecule has 0 radical (unpaired) electrons. The smallest absolute Gasteiger partial charge is 0.336 e. The lowest BCUT2D eigenvalue weighted by atomic mass is 9.79. The molecule has 0 aromatic heterocycles. The number of allylic oxidation sites excluding steroid dienone is 2. The zero-order valence-electron chi connectivity index (χ0n) is 14.3. The van der Waals surface area contributed by atoms with Gasteiger partial charge < -0.3 is 14.8 Å². The Morgan fingerprint density at radius 3 is 1.62 bits per heavy atom. The topological polar surface area (TPSA) is 64.6 Å². The van der Waals surface area contributed by atoms with E-state index in [1.807, 2.05) is 0 Å². The second-order valence-electron chi connectivity index (χ2n) is 5.50. The van der Waals surface area contributed by atoms with Crippen molar-refractivity contribution in [1.82, 2.24) is 5.32 Å². The van der Waals surface area contributed by atoms with Crippen molar-refractivity contribution in [3.8, 4) is 0 Å². The standard InChI is InChI=1S/C17H15F4NO4/c1-6-10(16(23)25-3)12(11(7(2)22-6)17(24)26-4)13-14(20)8(18)5-9(19)15(13)21/h5,12,22H,1-4H3. The van der Waals surface area contributed by atoms with Crippen LogP contribution in [-0.4, -0.2) is 26.2 Å². The van der Waals surface area contributed by atoms with Gasteiger partial charge in [0.25, 0.3) is 0 Å². The Hall–Kier alpha value is -2.84. The van der Waals surface area contributed by atoms with Crippen LogP contribution in [0.5, 0.6) is 0 Å². The summed E-state index contributed by atoms with van der Waals surface area (Å²) < 4.78 is 65.5. The number of carbonyl (C=O) groups excluding carboxylic acids is 2. The van der Waals surface area contributed by atoms with Crippen LogP contribution in [0, 0.1) is 23.3 Å². The number of hydrogen-bond donors (Lipinski definition) is 1. The lowest BCUT2D eigenvalue weighted by Gasteiger charge is -2.30. The predicted octanol–water partition coefficient (Wildman–Crippen LogP) is 2.82. The summed E-state index contributed by atoms with van der Waals surface area (Å²) in [6.07, 6.45) is 0. The Morgan fingerprint density at radius 2 is 1.27 bits per heavy atom. The lowest BCUT2D eigenvalue weighted by molar-refractivity contribution is -0.137. The summed E-state index contributed by atoms with van der Waals surface area (Å²) in [5.41, 5.74) is -1.66. The fourth-order valence-corrected chi connectivity index (χ4v) is 2.89. The molecule has 1 aliphatic heterocycles. The van der Waals surface area contributed by atoms with E-state index in [1.54, 1.807) is 0 Å². The van der Waals surface area contributed by atoms with Gasteiger partial charge in [0.2, 0.25) is 0 Å². The molecule has 0 bridgehead atoms. The number of methoxy groups -OCH3 is 2. The summed E-state index contributed by atoms with van der Waals surface area (Å²) in [6.45, 7) is 2.78. The van der Waals surface area contributed by atoms with Crippen LogP contribution in [0.4, 0.5) is 17.6 Å². The van der Waals surface area contributed by atoms with Crippen molar-refractivity contribution in [1.29, 1.82) is 0 Å². The Labute approximate surface area is 146 Å². The molecular weight excluding hydrogens is 358 g/mol. The fourth-order valence-electron chi connectivity index (χ4n) is 2.89. The Balaban J connectivity index is 2.91. The number of halogens is 4. The number of dihydropyridines is 1. The highest BCUT2D eigenvalue weighted by atomic mass is 19.2. The van der Waals surface area contributed by atoms with E-state index >= 15 is 0 Å². The first-order valence-corrected chi connectivity index (χ1v) is 7.33. The van der Waals surface area contributed by atoms with Crippen LogP contribution >= 0.6 is 0 Å². The molecule has 9 heteroatoms. The highest BCUT2D eigenvalue weighted by molar-refractivity contribution is 5.99. The van der Waals surface area contributed by atoms with Crippen molar-refractivity contribution in [2.45, 2.75) is 19.8 Å². The SMILES string of the molecule is COC(=O)C1=C(C)NC(C)=C(C(=O)OC)C1c1c(F)c(F)cc(F)c1F. The van der Waals surface area contributed by atoms with Crippen LogP contribution in [0.3, 0.4) is 0 Å². The van der Waals surface area contributed by atoms with Gasteiger partial charge in [0.05, 0.1) is 31.3 Å². The molecule has 0 unspecified atom stereocenters. The first kappa shape index (κ1) is 19.5. The summed E-state index contributed by atoms with van der Waals surface area (Å²) >= 11 is 0. The molecule has 0 amide bonds. The molecule has 0 atom stereocenters. The van der Waals surface area contributed by atoms with E-state index in [2.05, 4.69) is 14.8 Å². The summed E-state index contributed by atoms with van der Waals surface area (Å²) in [5.74, 6) is -10.6. The average Bonchev–Trinajstić information content (AvgIpc) is 2.59. The third-order valence-corrected chi connectivity index (χ3v) is 4.01. The molecule has 26 heavy (non-hydrogen) atoms.